The molecule has 0 radical (unpaired) electrons. The third kappa shape index (κ3) is 1.97. The quantitative estimate of drug-likeness (QED) is 0.857. The van der Waals surface area contributed by atoms with E-state index in [2.05, 4.69) is 10.1 Å². The second-order valence-corrected chi connectivity index (χ2v) is 3.79. The number of nitrogens with two attached hydrogens (primary N) is 1. The monoisotopic (exact) mass is 217 g/mol. The van der Waals surface area contributed by atoms with Gasteiger partial charge in [0.1, 0.15) is 0 Å². The van der Waals surface area contributed by atoms with E-state index in [0.717, 1.165) is 17.5 Å². The summed E-state index contributed by atoms with van der Waals surface area (Å²) in [6.45, 7) is 4.01. The first-order valence-electron chi connectivity index (χ1n) is 5.37. The van der Waals surface area contributed by atoms with Gasteiger partial charge in [-0.05, 0) is 25.0 Å². The Morgan fingerprint density at radius 1 is 1.38 bits per heavy atom. The van der Waals surface area contributed by atoms with Gasteiger partial charge in [-0.3, -0.25) is 0 Å². The Bertz CT molecular complexity index is 479. The summed E-state index contributed by atoms with van der Waals surface area (Å²) in [5.41, 5.74) is 7.91. The molecule has 0 bridgehead atoms. The Hall–Kier alpha value is -1.68. The molecule has 4 nitrogen and oxygen atoms in total. The number of hydrogen-bond donors (Lipinski definition) is 1. The van der Waals surface area contributed by atoms with Crippen molar-refractivity contribution in [3.05, 3.63) is 35.7 Å². The van der Waals surface area contributed by atoms with Crippen LogP contribution in [0.25, 0.3) is 11.5 Å². The summed E-state index contributed by atoms with van der Waals surface area (Å²) in [7, 11) is 0. The van der Waals surface area contributed by atoms with Crippen LogP contribution in [-0.2, 0) is 0 Å². The molecule has 0 aliphatic carbocycles. The highest BCUT2D eigenvalue weighted by molar-refractivity contribution is 5.57. The van der Waals surface area contributed by atoms with Crippen molar-refractivity contribution in [1.82, 2.24) is 10.1 Å². The number of benzene rings is 1. The molecule has 0 saturated heterocycles. The second-order valence-electron chi connectivity index (χ2n) is 3.79. The summed E-state index contributed by atoms with van der Waals surface area (Å²) in [4.78, 5) is 4.31. The van der Waals surface area contributed by atoms with Gasteiger partial charge >= 0.3 is 0 Å². The Kier molecular flexibility index (Phi) is 3.01. The van der Waals surface area contributed by atoms with Crippen molar-refractivity contribution in [2.24, 2.45) is 5.73 Å². The second kappa shape index (κ2) is 4.45. The molecule has 0 amide bonds. The minimum absolute atomic E-state index is 0.151. The number of nitrogens with zero attached hydrogens (tertiary/aromatic N) is 2. The molecule has 0 fully saturated rings. The normalized spacial score (nSPS) is 12.7. The molecule has 0 aliphatic rings. The molecule has 0 aliphatic heterocycles. The molecule has 4 heteroatoms. The topological polar surface area (TPSA) is 64.9 Å². The van der Waals surface area contributed by atoms with Crippen LogP contribution < -0.4 is 5.73 Å². The fourth-order valence-electron chi connectivity index (χ4n) is 1.49. The number of rotatable bonds is 3. The van der Waals surface area contributed by atoms with Crippen LogP contribution in [0.3, 0.4) is 0 Å². The lowest BCUT2D eigenvalue weighted by molar-refractivity contribution is 0.415. The summed E-state index contributed by atoms with van der Waals surface area (Å²) >= 11 is 0. The van der Waals surface area contributed by atoms with E-state index in [9.17, 15) is 0 Å². The minimum Gasteiger partial charge on any atom is -0.334 e. The van der Waals surface area contributed by atoms with Crippen LogP contribution in [0.5, 0.6) is 0 Å². The predicted molar refractivity (Wildman–Crippen MR) is 61.7 cm³/mol. The van der Waals surface area contributed by atoms with E-state index in [0.29, 0.717) is 11.7 Å². The first-order chi connectivity index (χ1) is 7.72. The fourth-order valence-corrected chi connectivity index (χ4v) is 1.49. The van der Waals surface area contributed by atoms with Gasteiger partial charge in [-0.25, -0.2) is 0 Å². The van der Waals surface area contributed by atoms with Crippen LogP contribution in [-0.4, -0.2) is 10.1 Å². The molecule has 1 heterocycles. The Labute approximate surface area is 94.5 Å². The molecule has 1 aromatic carbocycles. The molecular weight excluding hydrogens is 202 g/mol. The van der Waals surface area contributed by atoms with Crippen LogP contribution in [0.2, 0.25) is 0 Å². The van der Waals surface area contributed by atoms with Gasteiger partial charge in [0.2, 0.25) is 0 Å². The Morgan fingerprint density at radius 2 is 2.12 bits per heavy atom. The van der Waals surface area contributed by atoms with Crippen molar-refractivity contribution >= 4 is 0 Å². The lowest BCUT2D eigenvalue weighted by Crippen LogP contribution is -2.10. The number of hydrogen-bond acceptors (Lipinski definition) is 4. The molecule has 2 N–H and O–H groups in total. The zero-order chi connectivity index (χ0) is 11.5. The standard InChI is InChI=1S/C12H15N3O/c1-3-10(13)11-14-12(16-15-11)9-7-5-4-6-8(9)2/h4-7,10H,3,13H2,1-2H3. The Balaban J connectivity index is 2.35. The molecule has 1 aromatic heterocycles. The number of aromatic nitrogens is 2. The molecule has 0 spiro atoms. The lowest BCUT2D eigenvalue weighted by Gasteiger charge is -2.00. The van der Waals surface area contributed by atoms with Crippen molar-refractivity contribution in [1.29, 1.82) is 0 Å². The van der Waals surface area contributed by atoms with Gasteiger partial charge in [-0.15, -0.1) is 0 Å². The molecule has 84 valence electrons. The summed E-state index contributed by atoms with van der Waals surface area (Å²) in [5.74, 6) is 1.11. The largest absolute Gasteiger partial charge is 0.334 e. The van der Waals surface area contributed by atoms with Crippen molar-refractivity contribution in [3.63, 3.8) is 0 Å². The first-order valence-corrected chi connectivity index (χ1v) is 5.37. The molecule has 1 unspecified atom stereocenters. The maximum Gasteiger partial charge on any atom is 0.258 e. The maximum atomic E-state index is 5.84. The third-order valence-corrected chi connectivity index (χ3v) is 2.59. The van der Waals surface area contributed by atoms with Gasteiger partial charge < -0.3 is 10.3 Å². The van der Waals surface area contributed by atoms with Crippen LogP contribution in [0.15, 0.2) is 28.8 Å². The van der Waals surface area contributed by atoms with Crippen LogP contribution in [0.1, 0.15) is 30.8 Å². The summed E-state index contributed by atoms with van der Waals surface area (Å²) in [5, 5.41) is 3.89. The fraction of sp³-hybridized carbons (Fsp3) is 0.333. The van der Waals surface area contributed by atoms with Crippen LogP contribution >= 0.6 is 0 Å². The highest BCUT2D eigenvalue weighted by atomic mass is 16.5. The summed E-state index contributed by atoms with van der Waals surface area (Å²) in [6.07, 6.45) is 0.798. The zero-order valence-corrected chi connectivity index (χ0v) is 9.47. The van der Waals surface area contributed by atoms with E-state index < -0.39 is 0 Å². The smallest absolute Gasteiger partial charge is 0.258 e. The average Bonchev–Trinajstić information content (AvgIpc) is 2.78. The first kappa shape index (κ1) is 10.8. The number of aryl methyl sites for hydroxylation is 1. The average molecular weight is 217 g/mol. The highest BCUT2D eigenvalue weighted by Gasteiger charge is 2.14. The van der Waals surface area contributed by atoms with E-state index in [1.54, 1.807) is 0 Å². The Morgan fingerprint density at radius 3 is 2.81 bits per heavy atom. The molecule has 16 heavy (non-hydrogen) atoms. The van der Waals surface area contributed by atoms with Crippen LogP contribution in [0, 0.1) is 6.92 Å². The molecule has 0 saturated carbocycles. The van der Waals surface area contributed by atoms with Gasteiger partial charge in [0.25, 0.3) is 5.89 Å². The van der Waals surface area contributed by atoms with Gasteiger partial charge in [-0.2, -0.15) is 4.98 Å². The van der Waals surface area contributed by atoms with Crippen LogP contribution in [0.4, 0.5) is 0 Å². The van der Waals surface area contributed by atoms with Crippen molar-refractivity contribution < 1.29 is 4.52 Å². The lowest BCUT2D eigenvalue weighted by atomic mass is 10.1. The molecule has 1 atom stereocenters. The highest BCUT2D eigenvalue weighted by Crippen LogP contribution is 2.22. The van der Waals surface area contributed by atoms with Crippen molar-refractivity contribution in [2.45, 2.75) is 26.3 Å². The maximum absolute atomic E-state index is 5.84. The third-order valence-electron chi connectivity index (χ3n) is 2.59. The van der Waals surface area contributed by atoms with E-state index in [1.807, 2.05) is 38.1 Å². The summed E-state index contributed by atoms with van der Waals surface area (Å²) < 4.78 is 5.21. The van der Waals surface area contributed by atoms with Gasteiger partial charge in [-0.1, -0.05) is 30.3 Å². The van der Waals surface area contributed by atoms with Gasteiger partial charge in [0.05, 0.1) is 6.04 Å². The molecular formula is C12H15N3O. The van der Waals surface area contributed by atoms with Crippen molar-refractivity contribution in [2.75, 3.05) is 0 Å². The van der Waals surface area contributed by atoms with E-state index in [1.165, 1.54) is 0 Å². The summed E-state index contributed by atoms with van der Waals surface area (Å²) in [6, 6.07) is 7.75. The minimum atomic E-state index is -0.151. The molecule has 2 aromatic rings. The van der Waals surface area contributed by atoms with E-state index in [-0.39, 0.29) is 6.04 Å². The predicted octanol–water partition coefficient (Wildman–Crippen LogP) is 2.45. The van der Waals surface area contributed by atoms with Gasteiger partial charge in [0.15, 0.2) is 5.82 Å². The molecule has 2 rings (SSSR count). The van der Waals surface area contributed by atoms with Crippen molar-refractivity contribution in [3.8, 4) is 11.5 Å². The SMILES string of the molecule is CCC(N)c1noc(-c2ccccc2C)n1. The van der Waals surface area contributed by atoms with E-state index in [4.69, 9.17) is 10.3 Å². The zero-order valence-electron chi connectivity index (χ0n) is 9.47. The van der Waals surface area contributed by atoms with Gasteiger partial charge in [0, 0.05) is 5.56 Å². The van der Waals surface area contributed by atoms with E-state index >= 15 is 0 Å².